The zero-order chi connectivity index (χ0) is 18.6. The van der Waals surface area contributed by atoms with Gasteiger partial charge >= 0.3 is 0 Å². The molecule has 2 heterocycles. The lowest BCUT2D eigenvalue weighted by atomic mass is 10.2. The first kappa shape index (κ1) is 17.2. The zero-order valence-corrected chi connectivity index (χ0v) is 15.6. The average Bonchev–Trinajstić information content (AvgIpc) is 3.35. The maximum atomic E-state index is 12.4. The fourth-order valence-electron chi connectivity index (χ4n) is 2.73. The summed E-state index contributed by atoms with van der Waals surface area (Å²) >= 11 is 1.62. The summed E-state index contributed by atoms with van der Waals surface area (Å²) < 4.78 is 3.08. The quantitative estimate of drug-likeness (QED) is 0.493. The fraction of sp³-hybridized carbons (Fsp3) is 0.0952. The Kier molecular flexibility index (Phi) is 4.80. The predicted octanol–water partition coefficient (Wildman–Crippen LogP) is 4.15. The molecular weight excluding hydrogens is 356 g/mol. The van der Waals surface area contributed by atoms with Gasteiger partial charge in [-0.2, -0.15) is 0 Å². The van der Waals surface area contributed by atoms with E-state index < -0.39 is 0 Å². The van der Waals surface area contributed by atoms with Crippen LogP contribution in [0.3, 0.4) is 0 Å². The third kappa shape index (κ3) is 3.96. The lowest BCUT2D eigenvalue weighted by Gasteiger charge is -2.12. The van der Waals surface area contributed by atoms with E-state index >= 15 is 0 Å². The first-order valence-electron chi connectivity index (χ1n) is 8.55. The van der Waals surface area contributed by atoms with Crippen molar-refractivity contribution in [1.82, 2.24) is 19.4 Å². The molecule has 0 saturated heterocycles. The molecule has 0 aliphatic heterocycles. The molecular formula is C21H18N4OS. The van der Waals surface area contributed by atoms with Gasteiger partial charge in [0, 0.05) is 31.2 Å². The molecule has 0 N–H and O–H groups in total. The Hall–Kier alpha value is -3.25. The summed E-state index contributed by atoms with van der Waals surface area (Å²) in [5, 5.41) is 0.935. The number of fused-ring (bicyclic) bond motifs is 1. The molecule has 5 nitrogen and oxygen atoms in total. The second-order valence-corrected chi connectivity index (χ2v) is 7.28. The Morgan fingerprint density at radius 2 is 2.00 bits per heavy atom. The molecule has 2 aromatic heterocycles. The summed E-state index contributed by atoms with van der Waals surface area (Å²) in [4.78, 5) is 22.7. The summed E-state index contributed by atoms with van der Waals surface area (Å²) in [5.41, 5.74) is 2.98. The van der Waals surface area contributed by atoms with Crippen molar-refractivity contribution in [2.45, 2.75) is 6.54 Å². The lowest BCUT2D eigenvalue weighted by Crippen LogP contribution is -2.23. The van der Waals surface area contributed by atoms with Gasteiger partial charge in [0.1, 0.15) is 5.01 Å². The number of imidazole rings is 1. The minimum atomic E-state index is -0.0482. The number of nitrogens with zero attached hydrogens (tertiary/aromatic N) is 4. The number of benzene rings is 2. The van der Waals surface area contributed by atoms with Gasteiger partial charge in [-0.1, -0.05) is 24.3 Å². The summed E-state index contributed by atoms with van der Waals surface area (Å²) in [6.45, 7) is 0.502. The number of aromatic nitrogens is 3. The standard InChI is InChI=1S/C21H18N4OS/c1-24(14-20-23-18-4-2-3-5-19(18)27-20)21(26)11-8-16-6-9-17(10-7-16)25-13-12-22-15-25/h2-13,15H,14H2,1H3. The van der Waals surface area contributed by atoms with Crippen molar-refractivity contribution in [2.24, 2.45) is 0 Å². The molecule has 134 valence electrons. The Morgan fingerprint density at radius 3 is 2.74 bits per heavy atom. The normalized spacial score (nSPS) is 11.3. The van der Waals surface area contributed by atoms with Crippen LogP contribution in [0.1, 0.15) is 10.6 Å². The van der Waals surface area contributed by atoms with Crippen LogP contribution < -0.4 is 0 Å². The highest BCUT2D eigenvalue weighted by atomic mass is 32.1. The molecule has 6 heteroatoms. The molecule has 1 amide bonds. The third-order valence-corrected chi connectivity index (χ3v) is 5.22. The summed E-state index contributed by atoms with van der Waals surface area (Å²) in [6.07, 6.45) is 8.82. The predicted molar refractivity (Wildman–Crippen MR) is 109 cm³/mol. The van der Waals surface area contributed by atoms with Gasteiger partial charge < -0.3 is 9.47 Å². The van der Waals surface area contributed by atoms with Gasteiger partial charge in [0.2, 0.25) is 5.91 Å². The van der Waals surface area contributed by atoms with E-state index in [2.05, 4.69) is 9.97 Å². The smallest absolute Gasteiger partial charge is 0.246 e. The molecule has 0 saturated carbocycles. The fourth-order valence-corrected chi connectivity index (χ4v) is 3.75. The van der Waals surface area contributed by atoms with Crippen molar-refractivity contribution < 1.29 is 4.79 Å². The number of likely N-dealkylation sites (N-methyl/N-ethyl adjacent to an activating group) is 1. The summed E-state index contributed by atoms with van der Waals surface area (Å²) in [6, 6.07) is 16.0. The number of carbonyl (C=O) groups is 1. The first-order chi connectivity index (χ1) is 13.2. The van der Waals surface area contributed by atoms with Crippen LogP contribution in [0.15, 0.2) is 73.3 Å². The number of hydrogen-bond acceptors (Lipinski definition) is 4. The molecule has 2 aromatic carbocycles. The second-order valence-electron chi connectivity index (χ2n) is 6.16. The Morgan fingerprint density at radius 1 is 1.19 bits per heavy atom. The van der Waals surface area contributed by atoms with Crippen LogP contribution in [-0.2, 0) is 11.3 Å². The summed E-state index contributed by atoms with van der Waals surface area (Å²) in [5.74, 6) is -0.0482. The minimum Gasteiger partial charge on any atom is -0.335 e. The highest BCUT2D eigenvalue weighted by Gasteiger charge is 2.09. The van der Waals surface area contributed by atoms with Gasteiger partial charge in [0.15, 0.2) is 0 Å². The Balaban J connectivity index is 1.40. The van der Waals surface area contributed by atoms with Crippen molar-refractivity contribution in [1.29, 1.82) is 0 Å². The molecule has 4 aromatic rings. The minimum absolute atomic E-state index is 0.0482. The average molecular weight is 374 g/mol. The maximum absolute atomic E-state index is 12.4. The van der Waals surface area contributed by atoms with E-state index in [0.29, 0.717) is 6.54 Å². The molecule has 0 fully saturated rings. The van der Waals surface area contributed by atoms with E-state index in [0.717, 1.165) is 26.5 Å². The SMILES string of the molecule is CN(Cc1nc2ccccc2s1)C(=O)C=Cc1ccc(-n2ccnc2)cc1. The largest absolute Gasteiger partial charge is 0.335 e. The Bertz CT molecular complexity index is 1050. The van der Waals surface area contributed by atoms with Gasteiger partial charge in [0.05, 0.1) is 23.1 Å². The van der Waals surface area contributed by atoms with E-state index in [9.17, 15) is 4.79 Å². The first-order valence-corrected chi connectivity index (χ1v) is 9.37. The van der Waals surface area contributed by atoms with Gasteiger partial charge in [0.25, 0.3) is 0 Å². The maximum Gasteiger partial charge on any atom is 0.246 e. The van der Waals surface area contributed by atoms with Crippen molar-refractivity contribution in [2.75, 3.05) is 7.05 Å². The number of rotatable bonds is 5. The molecule has 4 rings (SSSR count). The van der Waals surface area contributed by atoms with E-state index in [1.807, 2.05) is 65.4 Å². The molecule has 0 aliphatic rings. The second kappa shape index (κ2) is 7.55. The van der Waals surface area contributed by atoms with Crippen molar-refractivity contribution in [3.8, 4) is 5.69 Å². The molecule has 0 radical (unpaired) electrons. The van der Waals surface area contributed by atoms with E-state index in [1.165, 1.54) is 0 Å². The van der Waals surface area contributed by atoms with Crippen LogP contribution >= 0.6 is 11.3 Å². The van der Waals surface area contributed by atoms with Crippen LogP contribution in [0.25, 0.3) is 22.0 Å². The number of carbonyl (C=O) groups excluding carboxylic acids is 1. The topological polar surface area (TPSA) is 51.0 Å². The number of para-hydroxylation sites is 1. The van der Waals surface area contributed by atoms with Crippen LogP contribution in [0.5, 0.6) is 0 Å². The van der Waals surface area contributed by atoms with Gasteiger partial charge in [-0.05, 0) is 35.9 Å². The number of amides is 1. The van der Waals surface area contributed by atoms with Crippen molar-refractivity contribution >= 4 is 33.5 Å². The molecule has 0 bridgehead atoms. The van der Waals surface area contributed by atoms with Crippen molar-refractivity contribution in [3.63, 3.8) is 0 Å². The summed E-state index contributed by atoms with van der Waals surface area (Å²) in [7, 11) is 1.79. The van der Waals surface area contributed by atoms with Crippen LogP contribution in [0.4, 0.5) is 0 Å². The monoisotopic (exact) mass is 374 g/mol. The highest BCUT2D eigenvalue weighted by Crippen LogP contribution is 2.22. The third-order valence-electron chi connectivity index (χ3n) is 4.20. The van der Waals surface area contributed by atoms with E-state index in [-0.39, 0.29) is 5.91 Å². The molecule has 0 atom stereocenters. The molecule has 0 unspecified atom stereocenters. The molecule has 27 heavy (non-hydrogen) atoms. The zero-order valence-electron chi connectivity index (χ0n) is 14.8. The van der Waals surface area contributed by atoms with Gasteiger partial charge in [-0.25, -0.2) is 9.97 Å². The van der Waals surface area contributed by atoms with E-state index in [1.54, 1.807) is 41.9 Å². The van der Waals surface area contributed by atoms with Crippen LogP contribution in [0.2, 0.25) is 0 Å². The van der Waals surface area contributed by atoms with E-state index in [4.69, 9.17) is 0 Å². The Labute approximate surface area is 161 Å². The number of thiazole rings is 1. The van der Waals surface area contributed by atoms with Crippen molar-refractivity contribution in [3.05, 3.63) is 83.9 Å². The van der Waals surface area contributed by atoms with Gasteiger partial charge in [-0.15, -0.1) is 11.3 Å². The molecule has 0 spiro atoms. The highest BCUT2D eigenvalue weighted by molar-refractivity contribution is 7.18. The van der Waals surface area contributed by atoms with Crippen LogP contribution in [-0.4, -0.2) is 32.4 Å². The lowest BCUT2D eigenvalue weighted by molar-refractivity contribution is -0.125. The van der Waals surface area contributed by atoms with Crippen LogP contribution in [0, 0.1) is 0 Å². The molecule has 0 aliphatic carbocycles. The van der Waals surface area contributed by atoms with Gasteiger partial charge in [-0.3, -0.25) is 4.79 Å². The number of hydrogen-bond donors (Lipinski definition) is 0.